The van der Waals surface area contributed by atoms with Crippen LogP contribution in [-0.4, -0.2) is 46.4 Å². The minimum Gasteiger partial charge on any atom is -0.361 e. The van der Waals surface area contributed by atoms with Crippen LogP contribution >= 0.6 is 0 Å². The van der Waals surface area contributed by atoms with Crippen LogP contribution in [0.5, 0.6) is 0 Å². The van der Waals surface area contributed by atoms with Crippen LogP contribution in [0.2, 0.25) is 0 Å². The van der Waals surface area contributed by atoms with Gasteiger partial charge in [0.2, 0.25) is 5.91 Å². The number of benzene rings is 1. The molecule has 2 heterocycles. The van der Waals surface area contributed by atoms with Crippen molar-refractivity contribution >= 4 is 11.8 Å². The summed E-state index contributed by atoms with van der Waals surface area (Å²) >= 11 is 0. The predicted molar refractivity (Wildman–Crippen MR) is 93.0 cm³/mol. The van der Waals surface area contributed by atoms with Crippen LogP contribution in [0.1, 0.15) is 48.1 Å². The fourth-order valence-corrected chi connectivity index (χ4v) is 3.20. The second-order valence-electron chi connectivity index (χ2n) is 6.32. The van der Waals surface area contributed by atoms with E-state index in [1.54, 1.807) is 22.8 Å². The van der Waals surface area contributed by atoms with Gasteiger partial charge in [-0.05, 0) is 12.0 Å². The molecule has 1 saturated heterocycles. The van der Waals surface area contributed by atoms with Gasteiger partial charge in [-0.3, -0.25) is 9.59 Å². The van der Waals surface area contributed by atoms with Gasteiger partial charge in [-0.25, -0.2) is 0 Å². The molecule has 1 aromatic carbocycles. The third-order valence-corrected chi connectivity index (χ3v) is 4.55. The van der Waals surface area contributed by atoms with Crippen molar-refractivity contribution in [3.8, 4) is 0 Å². The number of aryl methyl sites for hydroxylation is 1. The van der Waals surface area contributed by atoms with Gasteiger partial charge in [0.05, 0.1) is 6.04 Å². The molecule has 0 spiro atoms. The highest BCUT2D eigenvalue weighted by molar-refractivity contribution is 5.92. The highest BCUT2D eigenvalue weighted by Crippen LogP contribution is 2.27. The second-order valence-corrected chi connectivity index (χ2v) is 6.32. The third-order valence-electron chi connectivity index (χ3n) is 4.55. The van der Waals surface area contributed by atoms with Crippen molar-refractivity contribution in [1.29, 1.82) is 0 Å². The summed E-state index contributed by atoms with van der Waals surface area (Å²) in [6.07, 6.45) is 1.70. The number of nitrogens with zero attached hydrogens (tertiary/aromatic N) is 3. The zero-order valence-electron chi connectivity index (χ0n) is 14.6. The van der Waals surface area contributed by atoms with Gasteiger partial charge in [-0.15, -0.1) is 0 Å². The molecule has 0 radical (unpaired) electrons. The summed E-state index contributed by atoms with van der Waals surface area (Å²) in [5.41, 5.74) is 1.35. The lowest BCUT2D eigenvalue weighted by molar-refractivity contribution is -0.131. The molecule has 0 aliphatic carbocycles. The Bertz CT molecular complexity index is 741. The van der Waals surface area contributed by atoms with E-state index in [0.717, 1.165) is 24.2 Å². The van der Waals surface area contributed by atoms with E-state index in [-0.39, 0.29) is 17.9 Å². The second kappa shape index (κ2) is 7.51. The molecule has 1 aromatic heterocycles. The Hall–Kier alpha value is -2.63. The van der Waals surface area contributed by atoms with Crippen LogP contribution in [0, 0.1) is 0 Å². The van der Waals surface area contributed by atoms with E-state index in [1.165, 1.54) is 0 Å². The van der Waals surface area contributed by atoms with E-state index in [4.69, 9.17) is 4.52 Å². The summed E-state index contributed by atoms with van der Waals surface area (Å²) < 4.78 is 5.26. The summed E-state index contributed by atoms with van der Waals surface area (Å²) in [6, 6.07) is 11.3. The van der Waals surface area contributed by atoms with Crippen LogP contribution < -0.4 is 0 Å². The Labute approximate surface area is 147 Å². The Kier molecular flexibility index (Phi) is 5.16. The van der Waals surface area contributed by atoms with Gasteiger partial charge in [-0.2, -0.15) is 0 Å². The number of piperazine rings is 1. The summed E-state index contributed by atoms with van der Waals surface area (Å²) in [7, 11) is 0. The SMILES string of the molecule is CCCc1cc(C(=O)N2CCN(C(C)=O)C[C@H]2c2ccccc2)no1. The quantitative estimate of drug-likeness (QED) is 0.857. The standard InChI is InChI=1S/C19H23N3O3/c1-3-7-16-12-17(20-25-16)19(24)22-11-10-21(14(2)23)13-18(22)15-8-5-4-6-9-15/h4-6,8-9,12,18H,3,7,10-11,13H2,1-2H3/t18-/m0/s1. The van der Waals surface area contributed by atoms with Crippen molar-refractivity contribution in [2.24, 2.45) is 0 Å². The monoisotopic (exact) mass is 341 g/mol. The maximum Gasteiger partial charge on any atom is 0.276 e. The number of carbonyl (C=O) groups excluding carboxylic acids is 2. The Morgan fingerprint density at radius 3 is 2.68 bits per heavy atom. The Morgan fingerprint density at radius 1 is 1.24 bits per heavy atom. The lowest BCUT2D eigenvalue weighted by Crippen LogP contribution is -2.51. The predicted octanol–water partition coefficient (Wildman–Crippen LogP) is 2.67. The number of hydrogen-bond donors (Lipinski definition) is 0. The molecule has 2 aromatic rings. The number of hydrogen-bond acceptors (Lipinski definition) is 4. The van der Waals surface area contributed by atoms with Crippen molar-refractivity contribution in [3.63, 3.8) is 0 Å². The average molecular weight is 341 g/mol. The summed E-state index contributed by atoms with van der Waals surface area (Å²) in [5.74, 6) is 0.604. The van der Waals surface area contributed by atoms with Crippen LogP contribution in [0.25, 0.3) is 0 Å². The van der Waals surface area contributed by atoms with Crippen molar-refractivity contribution in [2.75, 3.05) is 19.6 Å². The minimum atomic E-state index is -0.183. The summed E-state index contributed by atoms with van der Waals surface area (Å²) in [6.45, 7) is 5.12. The molecule has 2 amide bonds. The number of aromatic nitrogens is 1. The molecule has 3 rings (SSSR count). The zero-order valence-corrected chi connectivity index (χ0v) is 14.6. The Balaban J connectivity index is 1.86. The first-order valence-corrected chi connectivity index (χ1v) is 8.67. The van der Waals surface area contributed by atoms with Gasteiger partial charge in [0, 0.05) is 39.0 Å². The molecular weight excluding hydrogens is 318 g/mol. The molecule has 1 fully saturated rings. The highest BCUT2D eigenvalue weighted by Gasteiger charge is 2.34. The van der Waals surface area contributed by atoms with Gasteiger partial charge >= 0.3 is 0 Å². The first kappa shape index (κ1) is 17.2. The molecular formula is C19H23N3O3. The third kappa shape index (κ3) is 3.73. The molecule has 1 atom stereocenters. The fourth-order valence-electron chi connectivity index (χ4n) is 3.20. The van der Waals surface area contributed by atoms with E-state index in [1.807, 2.05) is 30.3 Å². The lowest BCUT2D eigenvalue weighted by Gasteiger charge is -2.41. The molecule has 25 heavy (non-hydrogen) atoms. The van der Waals surface area contributed by atoms with E-state index in [0.29, 0.717) is 25.3 Å². The van der Waals surface area contributed by atoms with Crippen molar-refractivity contribution < 1.29 is 14.1 Å². The van der Waals surface area contributed by atoms with Gasteiger partial charge < -0.3 is 14.3 Å². The smallest absolute Gasteiger partial charge is 0.276 e. The largest absolute Gasteiger partial charge is 0.361 e. The Morgan fingerprint density at radius 2 is 2.00 bits per heavy atom. The van der Waals surface area contributed by atoms with E-state index >= 15 is 0 Å². The maximum absolute atomic E-state index is 13.0. The van der Waals surface area contributed by atoms with E-state index < -0.39 is 0 Å². The molecule has 0 bridgehead atoms. The van der Waals surface area contributed by atoms with Crippen LogP contribution in [0.3, 0.4) is 0 Å². The van der Waals surface area contributed by atoms with Gasteiger partial charge in [0.25, 0.3) is 5.91 Å². The van der Waals surface area contributed by atoms with Crippen LogP contribution in [0.4, 0.5) is 0 Å². The topological polar surface area (TPSA) is 66.7 Å². The van der Waals surface area contributed by atoms with Crippen LogP contribution in [-0.2, 0) is 11.2 Å². The lowest BCUT2D eigenvalue weighted by atomic mass is 10.0. The summed E-state index contributed by atoms with van der Waals surface area (Å²) in [4.78, 5) is 28.3. The molecule has 0 N–H and O–H groups in total. The van der Waals surface area contributed by atoms with Crippen molar-refractivity contribution in [2.45, 2.75) is 32.7 Å². The van der Waals surface area contributed by atoms with E-state index in [9.17, 15) is 9.59 Å². The molecule has 132 valence electrons. The molecule has 6 nitrogen and oxygen atoms in total. The van der Waals surface area contributed by atoms with E-state index in [2.05, 4.69) is 12.1 Å². The van der Waals surface area contributed by atoms with Gasteiger partial charge in [-0.1, -0.05) is 42.4 Å². The molecule has 0 unspecified atom stereocenters. The number of rotatable bonds is 4. The zero-order chi connectivity index (χ0) is 17.8. The fraction of sp³-hybridized carbons (Fsp3) is 0.421. The molecule has 6 heteroatoms. The van der Waals surface area contributed by atoms with Gasteiger partial charge in [0.1, 0.15) is 5.76 Å². The van der Waals surface area contributed by atoms with Gasteiger partial charge in [0.15, 0.2) is 5.69 Å². The minimum absolute atomic E-state index is 0.0275. The van der Waals surface area contributed by atoms with Crippen molar-refractivity contribution in [3.05, 3.63) is 53.4 Å². The normalized spacial score (nSPS) is 17.6. The first-order valence-electron chi connectivity index (χ1n) is 8.67. The maximum atomic E-state index is 13.0. The number of amides is 2. The van der Waals surface area contributed by atoms with Crippen LogP contribution in [0.15, 0.2) is 40.9 Å². The molecule has 0 saturated carbocycles. The summed E-state index contributed by atoms with van der Waals surface area (Å²) in [5, 5.41) is 3.95. The van der Waals surface area contributed by atoms with Crippen molar-refractivity contribution in [1.82, 2.24) is 15.0 Å². The molecule has 1 aliphatic rings. The highest BCUT2D eigenvalue weighted by atomic mass is 16.5. The number of carbonyl (C=O) groups is 2. The average Bonchev–Trinajstić information content (AvgIpc) is 3.10. The first-order chi connectivity index (χ1) is 12.1. The molecule has 1 aliphatic heterocycles.